The lowest BCUT2D eigenvalue weighted by Crippen LogP contribution is -1.93. The van der Waals surface area contributed by atoms with Gasteiger partial charge in [0.2, 0.25) is 0 Å². The van der Waals surface area contributed by atoms with E-state index < -0.39 is 0 Å². The van der Waals surface area contributed by atoms with E-state index in [0.29, 0.717) is 0 Å². The van der Waals surface area contributed by atoms with Crippen molar-refractivity contribution in [2.24, 2.45) is 0 Å². The maximum absolute atomic E-state index is 2.41. The van der Waals surface area contributed by atoms with Gasteiger partial charge in [-0.25, -0.2) is 0 Å². The minimum absolute atomic E-state index is 1.23. The van der Waals surface area contributed by atoms with Crippen molar-refractivity contribution in [2.45, 2.75) is 0 Å². The fourth-order valence-electron chi connectivity index (χ4n) is 22.1. The van der Waals surface area contributed by atoms with Crippen LogP contribution >= 0.6 is 0 Å². The zero-order chi connectivity index (χ0) is 91.4. The molecule has 0 unspecified atom stereocenters. The number of rotatable bonds is 12. The van der Waals surface area contributed by atoms with E-state index in [-0.39, 0.29) is 0 Å². The van der Waals surface area contributed by atoms with Crippen LogP contribution in [0.3, 0.4) is 0 Å². The summed E-state index contributed by atoms with van der Waals surface area (Å²) in [4.78, 5) is 0. The van der Waals surface area contributed by atoms with Crippen molar-refractivity contribution in [3.63, 3.8) is 0 Å². The molecule has 0 amide bonds. The first-order valence-corrected chi connectivity index (χ1v) is 47.8. The van der Waals surface area contributed by atoms with E-state index in [2.05, 4.69) is 546 Å². The molecule has 0 radical (unpaired) electrons. The fraction of sp³-hybridized carbons (Fsp3) is 0. The van der Waals surface area contributed by atoms with Gasteiger partial charge in [0.1, 0.15) is 0 Å². The highest BCUT2D eigenvalue weighted by molar-refractivity contribution is 6.29. The van der Waals surface area contributed by atoms with Gasteiger partial charge in [-0.1, -0.05) is 510 Å². The summed E-state index contributed by atoms with van der Waals surface area (Å²) in [7, 11) is 0. The molecule has 0 aliphatic carbocycles. The lowest BCUT2D eigenvalue weighted by atomic mass is 9.82. The molecule has 0 spiro atoms. The van der Waals surface area contributed by atoms with Crippen molar-refractivity contribution >= 4 is 129 Å². The Hall–Kier alpha value is -17.9. The smallest absolute Gasteiger partial charge is 0.00199 e. The first-order valence-electron chi connectivity index (χ1n) is 47.8. The Kier molecular flexibility index (Phi) is 21.1. The lowest BCUT2D eigenvalue weighted by molar-refractivity contribution is 1.61. The van der Waals surface area contributed by atoms with Gasteiger partial charge in [-0.3, -0.25) is 0 Å². The van der Waals surface area contributed by atoms with Crippen LogP contribution in [0.1, 0.15) is 0 Å². The Morgan fingerprint density at radius 3 is 0.652 bits per heavy atom. The molecule has 0 nitrogen and oxygen atoms in total. The third-order valence-corrected chi connectivity index (χ3v) is 28.3. The van der Waals surface area contributed by atoms with Crippen LogP contribution in [-0.2, 0) is 0 Å². The molecular formula is C138H90. The summed E-state index contributed by atoms with van der Waals surface area (Å²) in [6.45, 7) is 0. The molecule has 0 saturated heterocycles. The van der Waals surface area contributed by atoms with Crippen molar-refractivity contribution in [3.05, 3.63) is 546 Å². The lowest BCUT2D eigenvalue weighted by Gasteiger charge is -2.21. The highest BCUT2D eigenvalue weighted by Crippen LogP contribution is 2.54. The Bertz CT molecular complexity index is 9260. The molecule has 0 heteroatoms. The topological polar surface area (TPSA) is 0 Å². The highest BCUT2D eigenvalue weighted by atomic mass is 14.3. The summed E-state index contributed by atoms with van der Waals surface area (Å²) >= 11 is 0. The minimum Gasteiger partial charge on any atom is -0.0622 e. The van der Waals surface area contributed by atoms with Gasteiger partial charge in [0.25, 0.3) is 0 Å². The third kappa shape index (κ3) is 14.8. The molecule has 0 aromatic heterocycles. The van der Waals surface area contributed by atoms with Crippen LogP contribution in [0.25, 0.3) is 263 Å². The molecule has 0 aliphatic rings. The minimum atomic E-state index is 1.23. The second-order valence-corrected chi connectivity index (χ2v) is 36.1. The fourth-order valence-corrected chi connectivity index (χ4v) is 22.1. The summed E-state index contributed by atoms with van der Waals surface area (Å²) in [5.41, 5.74) is 30.1. The largest absolute Gasteiger partial charge is 0.0622 e. The Balaban J connectivity index is 0.000000110. The molecule has 0 bridgehead atoms. The normalized spacial score (nSPS) is 11.5. The van der Waals surface area contributed by atoms with Crippen LogP contribution in [-0.4, -0.2) is 0 Å². The second-order valence-electron chi connectivity index (χ2n) is 36.1. The van der Waals surface area contributed by atoms with Gasteiger partial charge < -0.3 is 0 Å². The van der Waals surface area contributed by atoms with Crippen LogP contribution in [0.5, 0.6) is 0 Å². The highest BCUT2D eigenvalue weighted by Gasteiger charge is 2.26. The molecule has 0 aliphatic heterocycles. The van der Waals surface area contributed by atoms with Crippen LogP contribution in [0.2, 0.25) is 0 Å². The Morgan fingerprint density at radius 2 is 0.283 bits per heavy atom. The van der Waals surface area contributed by atoms with Crippen LogP contribution in [0.15, 0.2) is 546 Å². The molecule has 642 valence electrons. The van der Waals surface area contributed by atoms with Gasteiger partial charge in [-0.2, -0.15) is 0 Å². The predicted molar refractivity (Wildman–Crippen MR) is 595 cm³/mol. The van der Waals surface area contributed by atoms with Crippen LogP contribution in [0, 0.1) is 0 Å². The van der Waals surface area contributed by atoms with Gasteiger partial charge in [0.15, 0.2) is 0 Å². The van der Waals surface area contributed by atoms with E-state index in [1.54, 1.807) is 0 Å². The third-order valence-electron chi connectivity index (χ3n) is 28.3. The molecule has 0 heterocycles. The maximum Gasteiger partial charge on any atom is -0.00199 e. The Morgan fingerprint density at radius 1 is 0.0725 bits per heavy atom. The number of fused-ring (bicyclic) bond motifs is 12. The molecule has 138 heavy (non-hydrogen) atoms. The summed E-state index contributed by atoms with van der Waals surface area (Å²) in [5, 5.41) is 30.3. The number of hydrogen-bond donors (Lipinski definition) is 0. The van der Waals surface area contributed by atoms with E-state index in [1.807, 2.05) is 0 Å². The molecule has 27 aromatic rings. The molecule has 0 atom stereocenters. The summed E-state index contributed by atoms with van der Waals surface area (Å²) in [6, 6.07) is 200. The van der Waals surface area contributed by atoms with E-state index in [1.165, 1.54) is 263 Å². The summed E-state index contributed by atoms with van der Waals surface area (Å²) in [6.07, 6.45) is 0. The standard InChI is InChI=1S/3C46H30/c1-2-15-32(16-3-1)35-18-6-9-21-39(35)45-40-22-10-12-24-42(40)46(43-25-13-11-23-41(43)45)44-29-28-36(37-19-7-8-20-38(37)44)34-27-26-31-14-4-5-17-33(31)30-34;1-2-14-32(15-3-1)37-18-6-7-19-39(37)45-41-20-8-10-22-43(41)46(44-23-11-9-21-42(44)45)40-24-12-17-36-30-35(27-28-38(36)40)34-26-25-31-13-4-5-16-33(31)29-34;1-2-15-32(16-3-1)37-19-8-9-21-39(37)45-40-22-10-12-24-42(40)46(43-25-13-11-23-41(43)45)44-30-36(29-35-18-6-7-20-38(35)44)34-27-26-31-14-4-5-17-33(31)28-34/h3*1-30H. The first-order chi connectivity index (χ1) is 68.5. The molecule has 0 N–H and O–H groups in total. The zero-order valence-corrected chi connectivity index (χ0v) is 76.0. The van der Waals surface area contributed by atoms with Gasteiger partial charge in [0, 0.05) is 0 Å². The van der Waals surface area contributed by atoms with E-state index in [4.69, 9.17) is 0 Å². The summed E-state index contributed by atoms with van der Waals surface area (Å²) in [5.74, 6) is 0. The van der Waals surface area contributed by atoms with E-state index in [0.717, 1.165) is 0 Å². The van der Waals surface area contributed by atoms with Gasteiger partial charge >= 0.3 is 0 Å². The zero-order valence-electron chi connectivity index (χ0n) is 76.0. The van der Waals surface area contributed by atoms with Gasteiger partial charge in [-0.05, 0) is 299 Å². The van der Waals surface area contributed by atoms with Crippen molar-refractivity contribution in [2.75, 3.05) is 0 Å². The molecular weight excluding hydrogens is 1660 g/mol. The van der Waals surface area contributed by atoms with Crippen molar-refractivity contribution < 1.29 is 0 Å². The Labute approximate surface area is 802 Å². The average molecular weight is 1750 g/mol. The SMILES string of the molecule is c1ccc(-c2ccccc2-c2c3ccccc3c(-c3cc(-c4ccc5ccccc5c4)cc4ccccc34)c3ccccc23)cc1.c1ccc(-c2ccccc2-c2c3ccccc3c(-c3ccc(-c4ccc5ccccc5c4)c4ccccc34)c3ccccc23)cc1.c1ccc(-c2ccccc2-c2c3ccccc3c(-c3cccc4cc(-c5ccc6ccccc6c5)ccc34)c3ccccc23)cc1. The number of hydrogen-bond acceptors (Lipinski definition) is 0. The molecule has 0 saturated carbocycles. The second kappa shape index (κ2) is 35.5. The predicted octanol–water partition coefficient (Wildman–Crippen LogP) is 38.9. The van der Waals surface area contributed by atoms with Gasteiger partial charge in [0.05, 0.1) is 0 Å². The van der Waals surface area contributed by atoms with Crippen molar-refractivity contribution in [1.82, 2.24) is 0 Å². The van der Waals surface area contributed by atoms with Crippen molar-refractivity contribution in [3.8, 4) is 134 Å². The molecule has 27 rings (SSSR count). The van der Waals surface area contributed by atoms with Crippen molar-refractivity contribution in [1.29, 1.82) is 0 Å². The van der Waals surface area contributed by atoms with E-state index >= 15 is 0 Å². The van der Waals surface area contributed by atoms with Crippen LogP contribution < -0.4 is 0 Å². The van der Waals surface area contributed by atoms with Crippen LogP contribution in [0.4, 0.5) is 0 Å². The maximum atomic E-state index is 2.41. The molecule has 0 fully saturated rings. The molecule has 27 aromatic carbocycles. The number of benzene rings is 27. The van der Waals surface area contributed by atoms with Gasteiger partial charge in [-0.15, -0.1) is 0 Å². The quantitative estimate of drug-likeness (QED) is 0.107. The summed E-state index contributed by atoms with van der Waals surface area (Å²) < 4.78 is 0. The first kappa shape index (κ1) is 82.0. The monoisotopic (exact) mass is 1750 g/mol. The van der Waals surface area contributed by atoms with E-state index in [9.17, 15) is 0 Å². The average Bonchev–Trinajstić information content (AvgIpc) is 0.728.